The lowest BCUT2D eigenvalue weighted by Crippen LogP contribution is -2.12. The maximum atomic E-state index is 12.1. The zero-order chi connectivity index (χ0) is 13.3. The molecule has 96 valence electrons. The van der Waals surface area contributed by atoms with Crippen molar-refractivity contribution in [3.8, 4) is 0 Å². The van der Waals surface area contributed by atoms with E-state index < -0.39 is 9.84 Å². The zero-order valence-electron chi connectivity index (χ0n) is 8.72. The minimum atomic E-state index is -3.49. The molecule has 0 aliphatic carbocycles. The first kappa shape index (κ1) is 14.0. The molecule has 5 nitrogen and oxygen atoms in total. The van der Waals surface area contributed by atoms with Crippen LogP contribution in [0.4, 0.5) is 0 Å². The Morgan fingerprint density at radius 3 is 2.33 bits per heavy atom. The Balaban J connectivity index is 2.33. The van der Waals surface area contributed by atoms with Crippen molar-refractivity contribution < 1.29 is 8.42 Å². The van der Waals surface area contributed by atoms with Crippen LogP contribution in [0.5, 0.6) is 0 Å². The topological polar surface area (TPSA) is 64.8 Å². The Labute approximate surface area is 125 Å². The number of hydrogen-bond acceptors (Lipinski definition) is 4. The summed E-state index contributed by atoms with van der Waals surface area (Å²) < 4.78 is 26.1. The maximum Gasteiger partial charge on any atom is 0.218 e. The summed E-state index contributed by atoms with van der Waals surface area (Å²) in [5.41, 5.74) is 0. The van der Waals surface area contributed by atoms with Gasteiger partial charge in [-0.2, -0.15) is 4.98 Å². The Kier molecular flexibility index (Phi) is 4.10. The van der Waals surface area contributed by atoms with Crippen molar-refractivity contribution in [2.45, 2.75) is 10.8 Å². The minimum absolute atomic E-state index is 0.186. The Morgan fingerprint density at radius 1 is 1.22 bits per heavy atom. The highest BCUT2D eigenvalue weighted by Gasteiger charge is 2.18. The van der Waals surface area contributed by atoms with E-state index in [0.717, 1.165) is 0 Å². The van der Waals surface area contributed by atoms with Gasteiger partial charge in [0.05, 0.1) is 4.90 Å². The molecule has 0 aliphatic rings. The Hall–Kier alpha value is -0.440. The zero-order valence-corrected chi connectivity index (χ0v) is 13.5. The van der Waals surface area contributed by atoms with Gasteiger partial charge in [0.15, 0.2) is 14.6 Å². The Bertz CT molecular complexity index is 670. The predicted molar refractivity (Wildman–Crippen MR) is 74.1 cm³/mol. The van der Waals surface area contributed by atoms with Crippen molar-refractivity contribution in [1.29, 1.82) is 0 Å². The third-order valence-corrected chi connectivity index (χ3v) is 4.82. The van der Waals surface area contributed by atoms with Crippen LogP contribution in [-0.4, -0.2) is 23.2 Å². The van der Waals surface area contributed by atoms with Crippen LogP contribution in [0.25, 0.3) is 0 Å². The van der Waals surface area contributed by atoms with E-state index in [4.69, 9.17) is 11.6 Å². The molecule has 0 N–H and O–H groups in total. The molecule has 0 amide bonds. The van der Waals surface area contributed by atoms with E-state index in [-0.39, 0.29) is 10.8 Å². The van der Waals surface area contributed by atoms with Crippen molar-refractivity contribution in [2.75, 3.05) is 0 Å². The molecule has 1 aromatic carbocycles. The van der Waals surface area contributed by atoms with Gasteiger partial charge in [0.2, 0.25) is 4.73 Å². The van der Waals surface area contributed by atoms with Crippen LogP contribution in [0, 0.1) is 0 Å². The summed E-state index contributed by atoms with van der Waals surface area (Å²) in [6.45, 7) is 0. The average Bonchev–Trinajstić information content (AvgIpc) is 2.57. The van der Waals surface area contributed by atoms with Crippen LogP contribution in [0.1, 0.15) is 0 Å². The fourth-order valence-electron chi connectivity index (χ4n) is 1.26. The second-order valence-electron chi connectivity index (χ2n) is 3.35. The molecule has 0 unspecified atom stereocenters. The number of nitrogens with zero attached hydrogens (tertiary/aromatic N) is 3. The smallest absolute Gasteiger partial charge is 0.218 e. The lowest BCUT2D eigenvalue weighted by molar-refractivity contribution is 0.572. The highest BCUT2D eigenvalue weighted by atomic mass is 79.9. The highest BCUT2D eigenvalue weighted by molar-refractivity contribution is 9.11. The second-order valence-corrected chi connectivity index (χ2v) is 7.16. The van der Waals surface area contributed by atoms with E-state index in [1.807, 2.05) is 0 Å². The van der Waals surface area contributed by atoms with Gasteiger partial charge in [-0.1, -0.05) is 11.6 Å². The molecule has 1 heterocycles. The summed E-state index contributed by atoms with van der Waals surface area (Å²) in [5, 5.41) is 4.39. The van der Waals surface area contributed by atoms with Gasteiger partial charge in [-0.05, 0) is 56.1 Å². The monoisotopic (exact) mass is 413 g/mol. The SMILES string of the molecule is O=S(=O)(Cn1nc(Br)nc1Br)c1ccc(Cl)cc1. The number of benzene rings is 1. The third-order valence-electron chi connectivity index (χ3n) is 2.07. The molecule has 0 saturated carbocycles. The Morgan fingerprint density at radius 2 is 1.83 bits per heavy atom. The van der Waals surface area contributed by atoms with Crippen LogP contribution in [0.3, 0.4) is 0 Å². The van der Waals surface area contributed by atoms with E-state index >= 15 is 0 Å². The van der Waals surface area contributed by atoms with E-state index in [9.17, 15) is 8.42 Å². The van der Waals surface area contributed by atoms with Gasteiger partial charge in [-0.3, -0.25) is 0 Å². The largest absolute Gasteiger partial charge is 0.223 e. The number of aromatic nitrogens is 3. The van der Waals surface area contributed by atoms with Gasteiger partial charge in [-0.25, -0.2) is 13.1 Å². The van der Waals surface area contributed by atoms with Gasteiger partial charge in [0, 0.05) is 5.02 Å². The molecule has 0 bridgehead atoms. The minimum Gasteiger partial charge on any atom is -0.223 e. The van der Waals surface area contributed by atoms with Crippen molar-refractivity contribution in [3.63, 3.8) is 0 Å². The first-order valence-corrected chi connectivity index (χ1v) is 8.24. The van der Waals surface area contributed by atoms with Gasteiger partial charge in [0.25, 0.3) is 0 Å². The van der Waals surface area contributed by atoms with Gasteiger partial charge in [0.1, 0.15) is 5.88 Å². The van der Waals surface area contributed by atoms with Crippen molar-refractivity contribution >= 4 is 53.3 Å². The number of hydrogen-bond donors (Lipinski definition) is 0. The first-order chi connectivity index (χ1) is 8.38. The average molecular weight is 415 g/mol. The predicted octanol–water partition coefficient (Wildman–Crippen LogP) is 2.89. The number of rotatable bonds is 3. The summed E-state index contributed by atoms with van der Waals surface area (Å²) in [6, 6.07) is 5.97. The standard InChI is InChI=1S/C9H6Br2ClN3O2S/c10-8-13-9(11)15(14-8)5-18(16,17)7-3-1-6(12)2-4-7/h1-4H,5H2. The van der Waals surface area contributed by atoms with Crippen LogP contribution in [0.15, 0.2) is 38.6 Å². The fourth-order valence-corrected chi connectivity index (χ4v) is 3.72. The molecule has 2 aromatic rings. The van der Waals surface area contributed by atoms with Crippen LogP contribution in [0.2, 0.25) is 5.02 Å². The summed E-state index contributed by atoms with van der Waals surface area (Å²) in [7, 11) is -3.49. The molecule has 0 atom stereocenters. The molecule has 1 aromatic heterocycles. The lowest BCUT2D eigenvalue weighted by Gasteiger charge is -2.05. The van der Waals surface area contributed by atoms with E-state index in [0.29, 0.717) is 14.5 Å². The summed E-state index contributed by atoms with van der Waals surface area (Å²) in [4.78, 5) is 4.09. The number of sulfone groups is 1. The van der Waals surface area contributed by atoms with E-state index in [1.165, 1.54) is 28.9 Å². The molecule has 18 heavy (non-hydrogen) atoms. The molecule has 0 saturated heterocycles. The molecule has 2 rings (SSSR count). The van der Waals surface area contributed by atoms with Gasteiger partial charge >= 0.3 is 0 Å². The second kappa shape index (κ2) is 5.28. The third kappa shape index (κ3) is 3.11. The van der Waals surface area contributed by atoms with Crippen LogP contribution < -0.4 is 0 Å². The molecule has 0 aliphatic heterocycles. The molecule has 0 radical (unpaired) electrons. The molecular weight excluding hydrogens is 409 g/mol. The van der Waals surface area contributed by atoms with Gasteiger partial charge in [-0.15, -0.1) is 5.10 Å². The van der Waals surface area contributed by atoms with Crippen molar-refractivity contribution in [2.24, 2.45) is 0 Å². The summed E-state index contributed by atoms with van der Waals surface area (Å²) in [5.74, 6) is -0.298. The molecule has 0 fully saturated rings. The van der Waals surface area contributed by atoms with Gasteiger partial charge < -0.3 is 0 Å². The quantitative estimate of drug-likeness (QED) is 0.773. The normalized spacial score (nSPS) is 11.7. The maximum absolute atomic E-state index is 12.1. The fraction of sp³-hybridized carbons (Fsp3) is 0.111. The highest BCUT2D eigenvalue weighted by Crippen LogP contribution is 2.19. The molecule has 0 spiro atoms. The number of halogens is 3. The summed E-state index contributed by atoms with van der Waals surface area (Å²) >= 11 is 11.9. The molecular formula is C9H6Br2ClN3O2S. The van der Waals surface area contributed by atoms with Crippen molar-refractivity contribution in [1.82, 2.24) is 14.8 Å². The molecule has 9 heteroatoms. The van der Waals surface area contributed by atoms with Crippen LogP contribution >= 0.6 is 43.5 Å². The first-order valence-electron chi connectivity index (χ1n) is 4.63. The lowest BCUT2D eigenvalue weighted by atomic mass is 10.4. The van der Waals surface area contributed by atoms with E-state index in [2.05, 4.69) is 41.9 Å². The van der Waals surface area contributed by atoms with Crippen molar-refractivity contribution in [3.05, 3.63) is 38.8 Å². The van der Waals surface area contributed by atoms with Crippen LogP contribution in [-0.2, 0) is 15.7 Å². The van der Waals surface area contributed by atoms with E-state index in [1.54, 1.807) is 0 Å². The summed E-state index contributed by atoms with van der Waals surface area (Å²) in [6.07, 6.45) is 0.